The van der Waals surface area contributed by atoms with E-state index in [-0.39, 0.29) is 12.7 Å². The van der Waals surface area contributed by atoms with Crippen LogP contribution < -0.4 is 4.74 Å². The molecule has 1 aliphatic rings. The number of fused-ring (bicyclic) bond motifs is 1. The molecule has 1 aromatic rings. The molecule has 2 rings (SSSR count). The molecule has 0 saturated carbocycles. The molecule has 2 N–H and O–H groups in total. The zero-order chi connectivity index (χ0) is 9.97. The molecule has 0 bridgehead atoms. The van der Waals surface area contributed by atoms with Crippen molar-refractivity contribution in [2.75, 3.05) is 6.61 Å². The van der Waals surface area contributed by atoms with Gasteiger partial charge < -0.3 is 14.9 Å². The van der Waals surface area contributed by atoms with Gasteiger partial charge in [0.1, 0.15) is 18.0 Å². The maximum absolute atomic E-state index is 9.43. The van der Waals surface area contributed by atoms with Gasteiger partial charge in [-0.15, -0.1) is 0 Å². The SMILES string of the molecule is OC[C@H](O)C1CCc2ccccc2O1. The van der Waals surface area contributed by atoms with E-state index in [1.807, 2.05) is 24.3 Å². The highest BCUT2D eigenvalue weighted by atomic mass is 16.5. The molecular weight excluding hydrogens is 180 g/mol. The van der Waals surface area contributed by atoms with E-state index in [4.69, 9.17) is 9.84 Å². The number of para-hydroxylation sites is 1. The molecule has 0 fully saturated rings. The van der Waals surface area contributed by atoms with E-state index < -0.39 is 6.10 Å². The molecule has 1 aromatic carbocycles. The molecule has 0 aliphatic carbocycles. The summed E-state index contributed by atoms with van der Waals surface area (Å²) in [6.45, 7) is -0.243. The van der Waals surface area contributed by atoms with Crippen LogP contribution in [0.3, 0.4) is 0 Å². The van der Waals surface area contributed by atoms with Crippen LogP contribution in [0.15, 0.2) is 24.3 Å². The highest BCUT2D eigenvalue weighted by molar-refractivity contribution is 5.35. The van der Waals surface area contributed by atoms with Gasteiger partial charge in [0.2, 0.25) is 0 Å². The van der Waals surface area contributed by atoms with Crippen molar-refractivity contribution in [3.05, 3.63) is 29.8 Å². The molecule has 3 heteroatoms. The summed E-state index contributed by atoms with van der Waals surface area (Å²) in [4.78, 5) is 0. The summed E-state index contributed by atoms with van der Waals surface area (Å²) in [6, 6.07) is 7.81. The minimum atomic E-state index is -0.775. The Kier molecular flexibility index (Phi) is 2.70. The number of benzene rings is 1. The quantitative estimate of drug-likeness (QED) is 0.729. The van der Waals surface area contributed by atoms with E-state index in [0.717, 1.165) is 18.6 Å². The molecular formula is C11H14O3. The Hall–Kier alpha value is -1.06. The van der Waals surface area contributed by atoms with Gasteiger partial charge in [-0.2, -0.15) is 0 Å². The van der Waals surface area contributed by atoms with Gasteiger partial charge in [0, 0.05) is 0 Å². The normalized spacial score (nSPS) is 22.3. The summed E-state index contributed by atoms with van der Waals surface area (Å²) >= 11 is 0. The Labute approximate surface area is 83.0 Å². The lowest BCUT2D eigenvalue weighted by molar-refractivity contribution is -0.00958. The standard InChI is InChI=1S/C11H14O3/c12-7-9(13)11-6-5-8-3-1-2-4-10(8)14-11/h1-4,9,11-13H,5-7H2/t9-,11?/m0/s1. The fourth-order valence-electron chi connectivity index (χ4n) is 1.73. The van der Waals surface area contributed by atoms with Crippen molar-refractivity contribution in [1.82, 2.24) is 0 Å². The van der Waals surface area contributed by atoms with E-state index in [1.165, 1.54) is 5.56 Å². The summed E-state index contributed by atoms with van der Waals surface area (Å²) in [5.41, 5.74) is 1.17. The van der Waals surface area contributed by atoms with Crippen LogP contribution in [0.4, 0.5) is 0 Å². The number of aryl methyl sites for hydroxylation is 1. The first kappa shape index (κ1) is 9.49. The summed E-state index contributed by atoms with van der Waals surface area (Å²) in [5, 5.41) is 18.2. The molecule has 76 valence electrons. The minimum absolute atomic E-state index is 0.243. The van der Waals surface area contributed by atoms with Gasteiger partial charge in [-0.25, -0.2) is 0 Å². The third-order valence-electron chi connectivity index (χ3n) is 2.57. The van der Waals surface area contributed by atoms with Crippen LogP contribution in [-0.2, 0) is 6.42 Å². The first-order chi connectivity index (χ1) is 6.81. The second-order valence-electron chi connectivity index (χ2n) is 3.55. The second kappa shape index (κ2) is 3.98. The highest BCUT2D eigenvalue weighted by Crippen LogP contribution is 2.27. The van der Waals surface area contributed by atoms with Crippen molar-refractivity contribution in [3.8, 4) is 5.75 Å². The maximum Gasteiger partial charge on any atom is 0.127 e. The van der Waals surface area contributed by atoms with Gasteiger partial charge in [0.05, 0.1) is 6.61 Å². The average molecular weight is 194 g/mol. The van der Waals surface area contributed by atoms with Gasteiger partial charge in [-0.3, -0.25) is 0 Å². The summed E-state index contributed by atoms with van der Waals surface area (Å²) in [6.07, 6.45) is 0.620. The smallest absolute Gasteiger partial charge is 0.127 e. The number of aliphatic hydroxyl groups is 2. The van der Waals surface area contributed by atoms with Crippen LogP contribution in [0.2, 0.25) is 0 Å². The van der Waals surface area contributed by atoms with Crippen molar-refractivity contribution in [1.29, 1.82) is 0 Å². The molecule has 0 amide bonds. The Morgan fingerprint density at radius 1 is 1.43 bits per heavy atom. The number of hydrogen-bond acceptors (Lipinski definition) is 3. The Morgan fingerprint density at radius 2 is 2.21 bits per heavy atom. The maximum atomic E-state index is 9.43. The monoisotopic (exact) mass is 194 g/mol. The lowest BCUT2D eigenvalue weighted by Crippen LogP contribution is -2.37. The predicted octanol–water partition coefficient (Wildman–Crippen LogP) is 0.733. The molecule has 3 nitrogen and oxygen atoms in total. The van der Waals surface area contributed by atoms with Crippen molar-refractivity contribution in [2.24, 2.45) is 0 Å². The van der Waals surface area contributed by atoms with Crippen LogP contribution in [0.1, 0.15) is 12.0 Å². The summed E-state index contributed by atoms with van der Waals surface area (Å²) < 4.78 is 5.57. The summed E-state index contributed by atoms with van der Waals surface area (Å²) in [5.74, 6) is 0.830. The van der Waals surface area contributed by atoms with Crippen molar-refractivity contribution in [3.63, 3.8) is 0 Å². The molecule has 1 heterocycles. The second-order valence-corrected chi connectivity index (χ2v) is 3.55. The lowest BCUT2D eigenvalue weighted by atomic mass is 9.99. The van der Waals surface area contributed by atoms with Gasteiger partial charge in [-0.05, 0) is 24.5 Å². The van der Waals surface area contributed by atoms with Crippen molar-refractivity contribution in [2.45, 2.75) is 25.0 Å². The molecule has 2 atom stereocenters. The van der Waals surface area contributed by atoms with E-state index in [9.17, 15) is 5.11 Å². The largest absolute Gasteiger partial charge is 0.487 e. The molecule has 0 spiro atoms. The van der Waals surface area contributed by atoms with Crippen LogP contribution in [0.5, 0.6) is 5.75 Å². The van der Waals surface area contributed by atoms with Crippen molar-refractivity contribution >= 4 is 0 Å². The predicted molar refractivity (Wildman–Crippen MR) is 52.3 cm³/mol. The van der Waals surface area contributed by atoms with Gasteiger partial charge in [0.15, 0.2) is 0 Å². The molecule has 0 saturated heterocycles. The van der Waals surface area contributed by atoms with Crippen LogP contribution in [-0.4, -0.2) is 29.0 Å². The van der Waals surface area contributed by atoms with Gasteiger partial charge in [0.25, 0.3) is 0 Å². The molecule has 1 aliphatic heterocycles. The Bertz CT molecular complexity index is 311. The first-order valence-corrected chi connectivity index (χ1v) is 4.84. The Morgan fingerprint density at radius 3 is 3.00 bits per heavy atom. The van der Waals surface area contributed by atoms with E-state index >= 15 is 0 Å². The Balaban J connectivity index is 2.13. The van der Waals surface area contributed by atoms with Crippen LogP contribution in [0, 0.1) is 0 Å². The number of ether oxygens (including phenoxy) is 1. The summed E-state index contributed by atoms with van der Waals surface area (Å²) in [7, 11) is 0. The van der Waals surface area contributed by atoms with Gasteiger partial charge in [-0.1, -0.05) is 18.2 Å². The zero-order valence-corrected chi connectivity index (χ0v) is 7.89. The lowest BCUT2D eigenvalue weighted by Gasteiger charge is -2.28. The molecule has 1 unspecified atom stereocenters. The first-order valence-electron chi connectivity index (χ1n) is 4.84. The number of aliphatic hydroxyl groups excluding tert-OH is 2. The van der Waals surface area contributed by atoms with Crippen LogP contribution >= 0.6 is 0 Å². The molecule has 0 radical (unpaired) electrons. The number of hydrogen-bond donors (Lipinski definition) is 2. The van der Waals surface area contributed by atoms with E-state index in [2.05, 4.69) is 0 Å². The zero-order valence-electron chi connectivity index (χ0n) is 7.89. The van der Waals surface area contributed by atoms with E-state index in [1.54, 1.807) is 0 Å². The van der Waals surface area contributed by atoms with Crippen LogP contribution in [0.25, 0.3) is 0 Å². The minimum Gasteiger partial charge on any atom is -0.487 e. The number of rotatable bonds is 2. The van der Waals surface area contributed by atoms with Crippen molar-refractivity contribution < 1.29 is 14.9 Å². The molecule has 0 aromatic heterocycles. The van der Waals surface area contributed by atoms with Gasteiger partial charge >= 0.3 is 0 Å². The molecule has 14 heavy (non-hydrogen) atoms. The topological polar surface area (TPSA) is 49.7 Å². The fourth-order valence-corrected chi connectivity index (χ4v) is 1.73. The third-order valence-corrected chi connectivity index (χ3v) is 2.57. The highest BCUT2D eigenvalue weighted by Gasteiger charge is 2.25. The van der Waals surface area contributed by atoms with E-state index in [0.29, 0.717) is 0 Å². The fraction of sp³-hybridized carbons (Fsp3) is 0.455. The third kappa shape index (κ3) is 1.74. The average Bonchev–Trinajstić information content (AvgIpc) is 2.27.